The van der Waals surface area contributed by atoms with E-state index in [1.807, 2.05) is 51.1 Å². The summed E-state index contributed by atoms with van der Waals surface area (Å²) in [5.41, 5.74) is 2.03. The SMILES string of the molecule is C[C@@H](Cc1ccc(OCc2ccccc2)cc1)CN1CCC[C@H]1C(=O)OC(C)(C)C. The minimum Gasteiger partial charge on any atom is -0.489 e. The van der Waals surface area contributed by atoms with E-state index in [2.05, 4.69) is 36.1 Å². The standard InChI is InChI=1S/C26H35NO3/c1-20(18-27-16-8-11-24(27)25(28)30-26(2,3)4)17-21-12-14-23(15-13-21)29-19-22-9-6-5-7-10-22/h5-7,9-10,12-15,20,24H,8,11,16-19H2,1-4H3/t20-,24-/m0/s1. The van der Waals surface area contributed by atoms with Crippen LogP contribution in [0.2, 0.25) is 0 Å². The van der Waals surface area contributed by atoms with Gasteiger partial charge in [0.2, 0.25) is 0 Å². The van der Waals surface area contributed by atoms with E-state index >= 15 is 0 Å². The van der Waals surface area contributed by atoms with Gasteiger partial charge in [-0.1, -0.05) is 49.4 Å². The van der Waals surface area contributed by atoms with Gasteiger partial charge in [0, 0.05) is 6.54 Å². The third-order valence-corrected chi connectivity index (χ3v) is 5.34. The van der Waals surface area contributed by atoms with E-state index in [1.165, 1.54) is 11.1 Å². The van der Waals surface area contributed by atoms with Crippen molar-refractivity contribution in [3.05, 3.63) is 65.7 Å². The van der Waals surface area contributed by atoms with Gasteiger partial charge in [-0.25, -0.2) is 0 Å². The molecule has 162 valence electrons. The Bertz CT molecular complexity index is 795. The summed E-state index contributed by atoms with van der Waals surface area (Å²) in [4.78, 5) is 14.8. The molecule has 0 radical (unpaired) electrons. The van der Waals surface area contributed by atoms with Crippen LogP contribution in [0.5, 0.6) is 5.75 Å². The summed E-state index contributed by atoms with van der Waals surface area (Å²) in [5.74, 6) is 1.27. The molecule has 1 fully saturated rings. The van der Waals surface area contributed by atoms with E-state index in [0.29, 0.717) is 12.5 Å². The van der Waals surface area contributed by atoms with Crippen molar-refractivity contribution in [3.8, 4) is 5.75 Å². The molecule has 4 heteroatoms. The van der Waals surface area contributed by atoms with Crippen molar-refractivity contribution in [2.24, 2.45) is 5.92 Å². The number of likely N-dealkylation sites (tertiary alicyclic amines) is 1. The van der Waals surface area contributed by atoms with Crippen molar-refractivity contribution in [2.75, 3.05) is 13.1 Å². The summed E-state index contributed by atoms with van der Waals surface area (Å²) < 4.78 is 11.5. The van der Waals surface area contributed by atoms with Gasteiger partial charge in [0.05, 0.1) is 0 Å². The second-order valence-corrected chi connectivity index (χ2v) is 9.41. The molecule has 1 aliphatic heterocycles. The number of ether oxygens (including phenoxy) is 2. The van der Waals surface area contributed by atoms with Crippen LogP contribution < -0.4 is 4.74 Å². The van der Waals surface area contributed by atoms with Gasteiger partial charge in [-0.2, -0.15) is 0 Å². The fourth-order valence-corrected chi connectivity index (χ4v) is 4.01. The van der Waals surface area contributed by atoms with Gasteiger partial charge in [0.15, 0.2) is 0 Å². The normalized spacial score (nSPS) is 18.2. The largest absolute Gasteiger partial charge is 0.489 e. The summed E-state index contributed by atoms with van der Waals surface area (Å²) in [7, 11) is 0. The Morgan fingerprint density at radius 1 is 1.07 bits per heavy atom. The van der Waals surface area contributed by atoms with Crippen molar-refractivity contribution in [1.82, 2.24) is 4.90 Å². The van der Waals surface area contributed by atoms with Crippen molar-refractivity contribution in [3.63, 3.8) is 0 Å². The molecule has 3 rings (SSSR count). The Balaban J connectivity index is 1.48. The summed E-state index contributed by atoms with van der Waals surface area (Å²) in [6.45, 7) is 10.5. The number of hydrogen-bond donors (Lipinski definition) is 0. The van der Waals surface area contributed by atoms with E-state index in [4.69, 9.17) is 9.47 Å². The van der Waals surface area contributed by atoms with E-state index in [1.54, 1.807) is 0 Å². The number of hydrogen-bond acceptors (Lipinski definition) is 4. The Hall–Kier alpha value is -2.33. The van der Waals surface area contributed by atoms with E-state index in [-0.39, 0.29) is 12.0 Å². The molecule has 0 spiro atoms. The highest BCUT2D eigenvalue weighted by atomic mass is 16.6. The van der Waals surface area contributed by atoms with Gasteiger partial charge >= 0.3 is 5.97 Å². The molecule has 1 aliphatic rings. The first-order chi connectivity index (χ1) is 14.3. The molecule has 2 aromatic carbocycles. The van der Waals surface area contributed by atoms with Gasteiger partial charge < -0.3 is 9.47 Å². The molecule has 4 nitrogen and oxygen atoms in total. The molecule has 0 unspecified atom stereocenters. The van der Waals surface area contributed by atoms with Crippen LogP contribution in [0, 0.1) is 5.92 Å². The van der Waals surface area contributed by atoms with Gasteiger partial charge in [-0.15, -0.1) is 0 Å². The molecule has 0 bridgehead atoms. The van der Waals surface area contributed by atoms with Gasteiger partial charge in [-0.05, 0) is 75.8 Å². The summed E-state index contributed by atoms with van der Waals surface area (Å²) in [5, 5.41) is 0. The zero-order valence-electron chi connectivity index (χ0n) is 18.8. The number of rotatable bonds is 8. The minimum atomic E-state index is -0.429. The van der Waals surface area contributed by atoms with Crippen molar-refractivity contribution < 1.29 is 14.3 Å². The molecule has 30 heavy (non-hydrogen) atoms. The Kier molecular flexibility index (Phi) is 7.54. The molecular weight excluding hydrogens is 374 g/mol. The maximum Gasteiger partial charge on any atom is 0.323 e. The highest BCUT2D eigenvalue weighted by Crippen LogP contribution is 2.24. The first-order valence-corrected chi connectivity index (χ1v) is 11.0. The predicted molar refractivity (Wildman–Crippen MR) is 121 cm³/mol. The number of carbonyl (C=O) groups excluding carboxylic acids is 1. The van der Waals surface area contributed by atoms with Crippen LogP contribution in [0.1, 0.15) is 51.7 Å². The lowest BCUT2D eigenvalue weighted by atomic mass is 10.00. The summed E-state index contributed by atoms with van der Waals surface area (Å²) >= 11 is 0. The topological polar surface area (TPSA) is 38.8 Å². The first kappa shape index (κ1) is 22.4. The van der Waals surface area contributed by atoms with E-state index in [0.717, 1.165) is 38.1 Å². The zero-order chi connectivity index (χ0) is 21.6. The summed E-state index contributed by atoms with van der Waals surface area (Å²) in [6.07, 6.45) is 2.94. The molecule has 2 atom stereocenters. The van der Waals surface area contributed by atoms with E-state index < -0.39 is 5.60 Å². The average molecular weight is 410 g/mol. The summed E-state index contributed by atoms with van der Waals surface area (Å²) in [6, 6.07) is 18.5. The van der Waals surface area contributed by atoms with E-state index in [9.17, 15) is 4.79 Å². The smallest absolute Gasteiger partial charge is 0.323 e. The third kappa shape index (κ3) is 6.88. The van der Waals surface area contributed by atoms with Crippen molar-refractivity contribution in [1.29, 1.82) is 0 Å². The average Bonchev–Trinajstić information content (AvgIpc) is 3.15. The van der Waals surface area contributed by atoms with Crippen molar-refractivity contribution in [2.45, 2.75) is 65.2 Å². The highest BCUT2D eigenvalue weighted by Gasteiger charge is 2.34. The lowest BCUT2D eigenvalue weighted by Crippen LogP contribution is -2.42. The van der Waals surface area contributed by atoms with Crippen molar-refractivity contribution >= 4 is 5.97 Å². The highest BCUT2D eigenvalue weighted by molar-refractivity contribution is 5.76. The molecule has 2 aromatic rings. The van der Waals surface area contributed by atoms with Crippen LogP contribution in [-0.2, 0) is 22.6 Å². The lowest BCUT2D eigenvalue weighted by molar-refractivity contribution is -0.160. The maximum absolute atomic E-state index is 12.5. The molecule has 1 saturated heterocycles. The molecule has 0 N–H and O–H groups in total. The molecule has 0 aromatic heterocycles. The maximum atomic E-state index is 12.5. The number of benzene rings is 2. The second kappa shape index (κ2) is 10.1. The van der Waals surface area contributed by atoms with Crippen LogP contribution in [0.4, 0.5) is 0 Å². The lowest BCUT2D eigenvalue weighted by Gasteiger charge is -2.29. The number of esters is 1. The van der Waals surface area contributed by atoms with Gasteiger partial charge in [0.25, 0.3) is 0 Å². The van der Waals surface area contributed by atoms with Gasteiger partial charge in [0.1, 0.15) is 24.0 Å². The Labute approximate surface area is 181 Å². The second-order valence-electron chi connectivity index (χ2n) is 9.41. The van der Waals surface area contributed by atoms with Crippen LogP contribution in [0.15, 0.2) is 54.6 Å². The van der Waals surface area contributed by atoms with Crippen LogP contribution in [-0.4, -0.2) is 35.6 Å². The molecule has 1 heterocycles. The van der Waals surface area contributed by atoms with Crippen LogP contribution >= 0.6 is 0 Å². The van der Waals surface area contributed by atoms with Crippen LogP contribution in [0.25, 0.3) is 0 Å². The fraction of sp³-hybridized carbons (Fsp3) is 0.500. The number of carbonyl (C=O) groups is 1. The van der Waals surface area contributed by atoms with Crippen LogP contribution in [0.3, 0.4) is 0 Å². The molecule has 0 saturated carbocycles. The zero-order valence-corrected chi connectivity index (χ0v) is 18.8. The first-order valence-electron chi connectivity index (χ1n) is 11.0. The molecular formula is C26H35NO3. The Morgan fingerprint density at radius 2 is 1.77 bits per heavy atom. The fourth-order valence-electron chi connectivity index (χ4n) is 4.01. The molecule has 0 amide bonds. The Morgan fingerprint density at radius 3 is 2.43 bits per heavy atom. The monoisotopic (exact) mass is 409 g/mol. The molecule has 0 aliphatic carbocycles. The van der Waals surface area contributed by atoms with Gasteiger partial charge in [-0.3, -0.25) is 9.69 Å². The minimum absolute atomic E-state index is 0.0767. The quantitative estimate of drug-likeness (QED) is 0.558. The third-order valence-electron chi connectivity index (χ3n) is 5.34. The number of nitrogens with zero attached hydrogens (tertiary/aromatic N) is 1. The predicted octanol–water partition coefficient (Wildman–Crippen LogP) is 5.25.